The van der Waals surface area contributed by atoms with Crippen LogP contribution in [0.15, 0.2) is 18.2 Å². The first-order chi connectivity index (χ1) is 7.90. The molecule has 1 aromatic carbocycles. The fraction of sp³-hybridized carbons (Fsp3) is 0.455. The second kappa shape index (κ2) is 5.86. The summed E-state index contributed by atoms with van der Waals surface area (Å²) in [7, 11) is 0. The van der Waals surface area contributed by atoms with Crippen LogP contribution >= 0.6 is 0 Å². The number of benzene rings is 1. The molecule has 0 radical (unpaired) electrons. The predicted octanol–water partition coefficient (Wildman–Crippen LogP) is 3.12. The first-order valence-corrected chi connectivity index (χ1v) is 5.03. The van der Waals surface area contributed by atoms with Crippen molar-refractivity contribution in [3.8, 4) is 0 Å². The molecule has 1 N–H and O–H groups in total. The van der Waals surface area contributed by atoms with E-state index in [0.717, 1.165) is 0 Å². The molecule has 0 aliphatic rings. The zero-order valence-corrected chi connectivity index (χ0v) is 9.27. The van der Waals surface area contributed by atoms with Gasteiger partial charge in [0.15, 0.2) is 0 Å². The van der Waals surface area contributed by atoms with E-state index >= 15 is 0 Å². The number of halogens is 4. The van der Waals surface area contributed by atoms with Crippen molar-refractivity contribution in [1.82, 2.24) is 0 Å². The molecule has 0 aliphatic carbocycles. The van der Waals surface area contributed by atoms with Crippen LogP contribution < -0.4 is 5.32 Å². The smallest absolute Gasteiger partial charge is 0.380 e. The summed E-state index contributed by atoms with van der Waals surface area (Å²) < 4.78 is 52.8. The van der Waals surface area contributed by atoms with Gasteiger partial charge in [0, 0.05) is 6.54 Å². The Morgan fingerprint density at radius 3 is 2.59 bits per heavy atom. The van der Waals surface area contributed by atoms with Crippen LogP contribution in [0.25, 0.3) is 0 Å². The number of ether oxygens (including phenoxy) is 1. The highest BCUT2D eigenvalue weighted by Gasteiger charge is 2.27. The van der Waals surface area contributed by atoms with Crippen LogP contribution in [0.3, 0.4) is 0 Å². The summed E-state index contributed by atoms with van der Waals surface area (Å²) in [5, 5.41) is 2.70. The van der Waals surface area contributed by atoms with Crippen molar-refractivity contribution < 1.29 is 22.3 Å². The number of para-hydroxylation sites is 1. The molecule has 17 heavy (non-hydrogen) atoms. The summed E-state index contributed by atoms with van der Waals surface area (Å²) in [5.41, 5.74) is 0.990. The minimum absolute atomic E-state index is 0.123. The first-order valence-electron chi connectivity index (χ1n) is 5.03. The lowest BCUT2D eigenvalue weighted by atomic mass is 10.2. The van der Waals surface area contributed by atoms with Crippen LogP contribution in [0, 0.1) is 12.7 Å². The maximum absolute atomic E-state index is 13.3. The van der Waals surface area contributed by atoms with Crippen LogP contribution in [0.4, 0.5) is 23.2 Å². The molecule has 1 rings (SSSR count). The Kier molecular flexibility index (Phi) is 4.74. The number of alkyl halides is 3. The average Bonchev–Trinajstić information content (AvgIpc) is 2.20. The van der Waals surface area contributed by atoms with E-state index in [-0.39, 0.29) is 13.2 Å². The zero-order chi connectivity index (χ0) is 12.9. The maximum Gasteiger partial charge on any atom is 0.411 e. The van der Waals surface area contributed by atoms with Gasteiger partial charge in [-0.25, -0.2) is 4.39 Å². The van der Waals surface area contributed by atoms with Gasteiger partial charge in [-0.05, 0) is 18.6 Å². The van der Waals surface area contributed by atoms with E-state index in [1.165, 1.54) is 6.07 Å². The van der Waals surface area contributed by atoms with Gasteiger partial charge < -0.3 is 10.1 Å². The molecule has 0 spiro atoms. The number of rotatable bonds is 5. The van der Waals surface area contributed by atoms with Gasteiger partial charge in [-0.1, -0.05) is 12.1 Å². The van der Waals surface area contributed by atoms with E-state index in [1.807, 2.05) is 0 Å². The SMILES string of the molecule is Cc1cccc(F)c1NCCOCC(F)(F)F. The summed E-state index contributed by atoms with van der Waals surface area (Å²) in [6.07, 6.45) is -4.33. The minimum atomic E-state index is -4.33. The quantitative estimate of drug-likeness (QED) is 0.641. The number of aryl methyl sites for hydroxylation is 1. The van der Waals surface area contributed by atoms with Crippen molar-refractivity contribution in [2.45, 2.75) is 13.1 Å². The first kappa shape index (κ1) is 13.8. The summed E-state index contributed by atoms with van der Waals surface area (Å²) in [6, 6.07) is 4.56. The van der Waals surface area contributed by atoms with Crippen molar-refractivity contribution in [3.05, 3.63) is 29.6 Å². The van der Waals surface area contributed by atoms with Gasteiger partial charge in [-0.2, -0.15) is 13.2 Å². The molecule has 1 aromatic rings. The highest BCUT2D eigenvalue weighted by molar-refractivity contribution is 5.51. The number of hydrogen-bond donors (Lipinski definition) is 1. The number of anilines is 1. The Morgan fingerprint density at radius 1 is 1.29 bits per heavy atom. The van der Waals surface area contributed by atoms with Crippen LogP contribution in [0.2, 0.25) is 0 Å². The van der Waals surface area contributed by atoms with Gasteiger partial charge in [0.25, 0.3) is 0 Å². The Bertz CT molecular complexity index is 345. The topological polar surface area (TPSA) is 21.3 Å². The van der Waals surface area contributed by atoms with Crippen LogP contribution in [0.1, 0.15) is 5.56 Å². The summed E-state index contributed by atoms with van der Waals surface area (Å²) in [5.74, 6) is -0.430. The molecule has 2 nitrogen and oxygen atoms in total. The Hall–Kier alpha value is -1.30. The van der Waals surface area contributed by atoms with E-state index in [2.05, 4.69) is 10.1 Å². The van der Waals surface area contributed by atoms with E-state index < -0.39 is 18.6 Å². The summed E-state index contributed by atoms with van der Waals surface area (Å²) in [4.78, 5) is 0. The third-order valence-electron chi connectivity index (χ3n) is 2.04. The number of hydrogen-bond acceptors (Lipinski definition) is 2. The third-order valence-corrected chi connectivity index (χ3v) is 2.04. The highest BCUT2D eigenvalue weighted by Crippen LogP contribution is 2.18. The molecular formula is C11H13F4NO. The lowest BCUT2D eigenvalue weighted by Gasteiger charge is -2.11. The highest BCUT2D eigenvalue weighted by atomic mass is 19.4. The second-order valence-corrected chi connectivity index (χ2v) is 3.53. The maximum atomic E-state index is 13.3. The van der Waals surface area contributed by atoms with Gasteiger partial charge in [0.2, 0.25) is 0 Å². The van der Waals surface area contributed by atoms with Crippen molar-refractivity contribution >= 4 is 5.69 Å². The number of nitrogens with one attached hydrogen (secondary N) is 1. The van der Waals surface area contributed by atoms with Crippen LogP contribution in [-0.2, 0) is 4.74 Å². The minimum Gasteiger partial charge on any atom is -0.380 e. The average molecular weight is 251 g/mol. The molecule has 0 saturated heterocycles. The third kappa shape index (κ3) is 5.04. The van der Waals surface area contributed by atoms with Crippen LogP contribution in [-0.4, -0.2) is 25.9 Å². The van der Waals surface area contributed by atoms with E-state index in [9.17, 15) is 17.6 Å². The molecule has 0 amide bonds. The van der Waals surface area contributed by atoms with Gasteiger partial charge in [-0.3, -0.25) is 0 Å². The van der Waals surface area contributed by atoms with Crippen molar-refractivity contribution in [3.63, 3.8) is 0 Å². The molecular weight excluding hydrogens is 238 g/mol. The molecule has 0 fully saturated rings. The van der Waals surface area contributed by atoms with Crippen molar-refractivity contribution in [2.75, 3.05) is 25.1 Å². The zero-order valence-electron chi connectivity index (χ0n) is 9.27. The van der Waals surface area contributed by atoms with Gasteiger partial charge in [-0.15, -0.1) is 0 Å². The molecule has 0 aliphatic heterocycles. The molecule has 6 heteroatoms. The Morgan fingerprint density at radius 2 is 2.00 bits per heavy atom. The van der Waals surface area contributed by atoms with E-state index in [1.54, 1.807) is 19.1 Å². The van der Waals surface area contributed by atoms with Crippen molar-refractivity contribution in [1.29, 1.82) is 0 Å². The predicted molar refractivity (Wildman–Crippen MR) is 56.5 cm³/mol. The molecule has 0 unspecified atom stereocenters. The van der Waals surface area contributed by atoms with Gasteiger partial charge in [0.05, 0.1) is 12.3 Å². The fourth-order valence-electron chi connectivity index (χ4n) is 1.29. The van der Waals surface area contributed by atoms with Gasteiger partial charge in [0.1, 0.15) is 12.4 Å². The van der Waals surface area contributed by atoms with Crippen LogP contribution in [0.5, 0.6) is 0 Å². The molecule has 0 heterocycles. The lowest BCUT2D eigenvalue weighted by Crippen LogP contribution is -2.20. The Balaban J connectivity index is 2.32. The summed E-state index contributed by atoms with van der Waals surface area (Å²) >= 11 is 0. The molecule has 0 saturated carbocycles. The lowest BCUT2D eigenvalue weighted by molar-refractivity contribution is -0.172. The largest absolute Gasteiger partial charge is 0.411 e. The van der Waals surface area contributed by atoms with Gasteiger partial charge >= 0.3 is 6.18 Å². The fourth-order valence-corrected chi connectivity index (χ4v) is 1.29. The normalized spacial score (nSPS) is 11.6. The van der Waals surface area contributed by atoms with Crippen molar-refractivity contribution in [2.24, 2.45) is 0 Å². The second-order valence-electron chi connectivity index (χ2n) is 3.53. The Labute approximate surface area is 96.6 Å². The van der Waals surface area contributed by atoms with E-state index in [4.69, 9.17) is 0 Å². The monoisotopic (exact) mass is 251 g/mol. The molecule has 0 atom stereocenters. The molecule has 0 bridgehead atoms. The molecule has 96 valence electrons. The molecule has 0 aromatic heterocycles. The summed E-state index contributed by atoms with van der Waals surface area (Å²) in [6.45, 7) is 0.415. The van der Waals surface area contributed by atoms with E-state index in [0.29, 0.717) is 11.3 Å². The standard InChI is InChI=1S/C11H13F4NO/c1-8-3-2-4-9(12)10(8)16-5-6-17-7-11(13,14)15/h2-4,16H,5-7H2,1H3.